The zero-order valence-electron chi connectivity index (χ0n) is 30.4. The number of nitrogens with zero attached hydrogens (tertiary/aromatic N) is 3. The van der Waals surface area contributed by atoms with Crippen LogP contribution in [-0.2, 0) is 30.3 Å². The van der Waals surface area contributed by atoms with E-state index in [4.69, 9.17) is 4.74 Å². The largest absolute Gasteiger partial charge is 0.456 e. The molecule has 47 heavy (non-hydrogen) atoms. The number of ether oxygens (including phenoxy) is 1. The van der Waals surface area contributed by atoms with Crippen LogP contribution >= 0.6 is 0 Å². The van der Waals surface area contributed by atoms with E-state index >= 15 is 0 Å². The molecule has 0 saturated carbocycles. The molecule has 9 heteroatoms. The molecule has 0 radical (unpaired) electrons. The van der Waals surface area contributed by atoms with Crippen molar-refractivity contribution in [2.24, 2.45) is 5.92 Å². The molecule has 1 aromatic rings. The van der Waals surface area contributed by atoms with E-state index in [2.05, 4.69) is 44.0 Å². The number of carbonyl (C=O) groups is 4. The highest BCUT2D eigenvalue weighted by Gasteiger charge is 2.38. The molecule has 2 fully saturated rings. The van der Waals surface area contributed by atoms with E-state index in [0.717, 1.165) is 37.3 Å². The van der Waals surface area contributed by atoms with Crippen molar-refractivity contribution in [1.82, 2.24) is 20.0 Å². The van der Waals surface area contributed by atoms with Gasteiger partial charge in [-0.3, -0.25) is 14.4 Å². The summed E-state index contributed by atoms with van der Waals surface area (Å²) in [6, 6.07) is 7.91. The molecule has 0 bridgehead atoms. The molecule has 3 amide bonds. The maximum Gasteiger partial charge on any atom is 0.329 e. The van der Waals surface area contributed by atoms with Crippen LogP contribution in [-0.4, -0.2) is 90.2 Å². The number of nitrogens with one attached hydrogen (secondary N) is 1. The molecule has 2 saturated heterocycles. The third-order valence-corrected chi connectivity index (χ3v) is 9.10. The molecule has 2 aliphatic heterocycles. The monoisotopic (exact) mass is 654 g/mol. The molecule has 0 aromatic heterocycles. The minimum Gasteiger partial charge on any atom is -0.456 e. The molecule has 9 nitrogen and oxygen atoms in total. The molecule has 1 aromatic carbocycles. The third-order valence-electron chi connectivity index (χ3n) is 9.10. The van der Waals surface area contributed by atoms with Crippen molar-refractivity contribution in [2.75, 3.05) is 33.2 Å². The van der Waals surface area contributed by atoms with Gasteiger partial charge in [-0.15, -0.1) is 0 Å². The van der Waals surface area contributed by atoms with Gasteiger partial charge in [0.2, 0.25) is 18.2 Å². The van der Waals surface area contributed by atoms with Gasteiger partial charge in [0.05, 0.1) is 12.6 Å². The van der Waals surface area contributed by atoms with Gasteiger partial charge < -0.3 is 24.8 Å². The summed E-state index contributed by atoms with van der Waals surface area (Å²) in [5, 5.41) is 2.38. The van der Waals surface area contributed by atoms with Crippen LogP contribution in [0.25, 0.3) is 0 Å². The average molecular weight is 655 g/mol. The summed E-state index contributed by atoms with van der Waals surface area (Å²) in [7, 11) is 1.66. The van der Waals surface area contributed by atoms with Crippen LogP contribution in [0.3, 0.4) is 0 Å². The van der Waals surface area contributed by atoms with Gasteiger partial charge in [-0.25, -0.2) is 4.79 Å². The number of likely N-dealkylation sites (N-methyl/N-ethyl adjacent to an activating group) is 1. The van der Waals surface area contributed by atoms with Crippen LogP contribution in [0.5, 0.6) is 0 Å². The van der Waals surface area contributed by atoms with Crippen molar-refractivity contribution in [3.8, 4) is 0 Å². The Kier molecular flexibility index (Phi) is 17.8. The molecule has 3 atom stereocenters. The van der Waals surface area contributed by atoms with E-state index in [1.165, 1.54) is 49.2 Å². The van der Waals surface area contributed by atoms with E-state index in [1.807, 2.05) is 32.0 Å². The zero-order valence-corrected chi connectivity index (χ0v) is 30.4. The van der Waals surface area contributed by atoms with Crippen LogP contribution < -0.4 is 5.32 Å². The smallest absolute Gasteiger partial charge is 0.329 e. The topological polar surface area (TPSA) is 99.3 Å². The lowest BCUT2D eigenvalue weighted by atomic mass is 9.89. The third kappa shape index (κ3) is 12.4. The Labute approximate surface area is 284 Å². The van der Waals surface area contributed by atoms with Crippen molar-refractivity contribution in [3.63, 3.8) is 0 Å². The van der Waals surface area contributed by atoms with Crippen molar-refractivity contribution >= 4 is 24.2 Å². The SMILES string of the molecule is C/C(=C\C(C(C)C)N(C)C(=O)CNC=O)C(=O)N1CCCC1C(=O)O[C@@H]1CCCc2ccccc21.CC(C)N1CCCCC1.CCC. The average Bonchev–Trinajstić information content (AvgIpc) is 3.57. The predicted octanol–water partition coefficient (Wildman–Crippen LogP) is 6.07. The van der Waals surface area contributed by atoms with Crippen LogP contribution in [0.2, 0.25) is 0 Å². The summed E-state index contributed by atoms with van der Waals surface area (Å²) in [6.07, 6.45) is 11.6. The fourth-order valence-corrected chi connectivity index (χ4v) is 6.47. The van der Waals surface area contributed by atoms with Crippen LogP contribution in [0, 0.1) is 5.92 Å². The van der Waals surface area contributed by atoms with E-state index in [1.54, 1.807) is 24.9 Å². The Morgan fingerprint density at radius 3 is 2.23 bits per heavy atom. The zero-order chi connectivity index (χ0) is 34.9. The normalized spacial score (nSPS) is 20.2. The van der Waals surface area contributed by atoms with Crippen LogP contribution in [0.4, 0.5) is 0 Å². The molecule has 0 spiro atoms. The molecule has 1 N–H and O–H groups in total. The highest BCUT2D eigenvalue weighted by atomic mass is 16.5. The number of amides is 3. The fourth-order valence-electron chi connectivity index (χ4n) is 6.47. The van der Waals surface area contributed by atoms with Gasteiger partial charge in [-0.2, -0.15) is 0 Å². The molecule has 264 valence electrons. The summed E-state index contributed by atoms with van der Waals surface area (Å²) in [4.78, 5) is 55.2. The van der Waals surface area contributed by atoms with E-state index in [-0.39, 0.29) is 42.4 Å². The molecular weight excluding hydrogens is 592 g/mol. The van der Waals surface area contributed by atoms with Gasteiger partial charge in [0.15, 0.2) is 0 Å². The maximum atomic E-state index is 13.4. The molecular formula is C38H62N4O5. The Balaban J connectivity index is 0.000000539. The summed E-state index contributed by atoms with van der Waals surface area (Å²) in [5.41, 5.74) is 2.77. The first-order chi connectivity index (χ1) is 22.5. The molecule has 2 heterocycles. The predicted molar refractivity (Wildman–Crippen MR) is 189 cm³/mol. The number of likely N-dealkylation sites (tertiary alicyclic amines) is 2. The molecule has 1 aliphatic carbocycles. The number of benzene rings is 1. The first-order valence-corrected chi connectivity index (χ1v) is 17.9. The second kappa shape index (κ2) is 20.9. The minimum atomic E-state index is -0.603. The second-order valence-corrected chi connectivity index (χ2v) is 13.7. The highest BCUT2D eigenvalue weighted by Crippen LogP contribution is 2.34. The first-order valence-electron chi connectivity index (χ1n) is 17.9. The lowest BCUT2D eigenvalue weighted by Gasteiger charge is -2.31. The number of hydrogen-bond acceptors (Lipinski definition) is 6. The van der Waals surface area contributed by atoms with Crippen molar-refractivity contribution in [3.05, 3.63) is 47.0 Å². The van der Waals surface area contributed by atoms with Crippen molar-refractivity contribution in [1.29, 1.82) is 0 Å². The quantitative estimate of drug-likeness (QED) is 0.187. The van der Waals surface area contributed by atoms with Crippen LogP contribution in [0.1, 0.15) is 117 Å². The van der Waals surface area contributed by atoms with E-state index in [9.17, 15) is 19.2 Å². The Bertz CT molecular complexity index is 1160. The maximum absolute atomic E-state index is 13.4. The Morgan fingerprint density at radius 1 is 0.979 bits per heavy atom. The van der Waals surface area contributed by atoms with Crippen LogP contribution in [0.15, 0.2) is 35.9 Å². The van der Waals surface area contributed by atoms with Crippen molar-refractivity contribution in [2.45, 2.75) is 130 Å². The molecule has 2 unspecified atom stereocenters. The van der Waals surface area contributed by atoms with Gasteiger partial charge in [-0.05, 0) is 95.9 Å². The van der Waals surface area contributed by atoms with Gasteiger partial charge in [0, 0.05) is 25.2 Å². The lowest BCUT2D eigenvalue weighted by molar-refractivity contribution is -0.158. The van der Waals surface area contributed by atoms with E-state index in [0.29, 0.717) is 24.9 Å². The van der Waals surface area contributed by atoms with Gasteiger partial charge >= 0.3 is 5.97 Å². The Morgan fingerprint density at radius 2 is 1.64 bits per heavy atom. The highest BCUT2D eigenvalue weighted by molar-refractivity contribution is 5.96. The van der Waals surface area contributed by atoms with Crippen molar-refractivity contribution < 1.29 is 23.9 Å². The second-order valence-electron chi connectivity index (χ2n) is 13.7. The number of hydrogen-bond donors (Lipinski definition) is 1. The summed E-state index contributed by atoms with van der Waals surface area (Å²) < 4.78 is 5.95. The fraction of sp³-hybridized carbons (Fsp3) is 0.684. The minimum absolute atomic E-state index is 0.0497. The van der Waals surface area contributed by atoms with E-state index < -0.39 is 6.04 Å². The number of aryl methyl sites for hydroxylation is 1. The number of fused-ring (bicyclic) bond motifs is 1. The van der Waals surface area contributed by atoms with Gasteiger partial charge in [0.25, 0.3) is 0 Å². The summed E-state index contributed by atoms with van der Waals surface area (Å²) in [5.74, 6) is -0.764. The Hall–Kier alpha value is -3.20. The number of carbonyl (C=O) groups excluding carboxylic acids is 4. The van der Waals surface area contributed by atoms with Gasteiger partial charge in [0.1, 0.15) is 12.1 Å². The molecule has 4 rings (SSSR count). The standard InChI is InChI=1S/C27H37N3O5.C8H17N.C3H8/c1-18(2)23(29(4)25(32)16-28-17-31)15-19(3)26(33)30-14-8-12-22(30)27(34)35-24-13-7-10-20-9-5-6-11-21(20)24;1-8(2)9-6-4-3-5-7-9;1-3-2/h5-6,9,11,15,17-18,22-24H,7-8,10,12-14,16H2,1-4H3,(H,28,31);8H,3-7H2,1-2H3;3H2,1-2H3/b19-15+;;/t22?,23?,24-;;/m1../s1. The number of rotatable bonds is 10. The summed E-state index contributed by atoms with van der Waals surface area (Å²) >= 11 is 0. The van der Waals surface area contributed by atoms with Gasteiger partial charge in [-0.1, -0.05) is 70.9 Å². The lowest BCUT2D eigenvalue weighted by Crippen LogP contribution is -2.45. The number of esters is 1. The molecule has 3 aliphatic rings. The summed E-state index contributed by atoms with van der Waals surface area (Å²) in [6.45, 7) is 17.5. The first kappa shape index (κ1) is 40.0. The number of piperidine rings is 1.